The summed E-state index contributed by atoms with van der Waals surface area (Å²) in [4.78, 5) is 18.2. The molecule has 1 fully saturated rings. The van der Waals surface area contributed by atoms with Gasteiger partial charge in [-0.2, -0.15) is 5.10 Å². The molecule has 0 saturated carbocycles. The van der Waals surface area contributed by atoms with Gasteiger partial charge in [-0.05, 0) is 24.5 Å². The fourth-order valence-electron chi connectivity index (χ4n) is 2.64. The highest BCUT2D eigenvalue weighted by Crippen LogP contribution is 2.16. The van der Waals surface area contributed by atoms with E-state index in [0.29, 0.717) is 18.8 Å². The summed E-state index contributed by atoms with van der Waals surface area (Å²) in [5, 5.41) is 6.91. The lowest BCUT2D eigenvalue weighted by atomic mass is 10.1. The van der Waals surface area contributed by atoms with Crippen molar-refractivity contribution in [3.05, 3.63) is 42.5 Å². The van der Waals surface area contributed by atoms with Gasteiger partial charge in [-0.3, -0.25) is 9.67 Å². The Hall–Kier alpha value is -2.41. The first-order valence-corrected chi connectivity index (χ1v) is 7.76. The van der Waals surface area contributed by atoms with E-state index in [-0.39, 0.29) is 12.1 Å². The summed E-state index contributed by atoms with van der Waals surface area (Å²) < 4.78 is 7.58. The highest BCUT2D eigenvalue weighted by Gasteiger charge is 2.24. The van der Waals surface area contributed by atoms with Crippen molar-refractivity contribution in [2.24, 2.45) is 7.05 Å². The van der Waals surface area contributed by atoms with Crippen LogP contribution in [-0.4, -0.2) is 44.9 Å². The molecular weight excluding hydrogens is 294 g/mol. The zero-order chi connectivity index (χ0) is 16.1. The third-order valence-corrected chi connectivity index (χ3v) is 3.83. The van der Waals surface area contributed by atoms with Gasteiger partial charge in [0.25, 0.3) is 0 Å². The van der Waals surface area contributed by atoms with E-state index in [4.69, 9.17) is 4.74 Å². The molecule has 0 bridgehead atoms. The molecule has 23 heavy (non-hydrogen) atoms. The predicted octanol–water partition coefficient (Wildman–Crippen LogP) is 2.03. The van der Waals surface area contributed by atoms with Crippen molar-refractivity contribution in [2.45, 2.75) is 25.6 Å². The number of urea groups is 1. The van der Waals surface area contributed by atoms with Gasteiger partial charge in [0, 0.05) is 38.7 Å². The maximum absolute atomic E-state index is 12.3. The van der Waals surface area contributed by atoms with Crippen LogP contribution >= 0.6 is 0 Å². The number of rotatable bonds is 4. The molecule has 0 aromatic carbocycles. The van der Waals surface area contributed by atoms with E-state index in [1.165, 1.54) is 0 Å². The molecule has 0 radical (unpaired) electrons. The fourth-order valence-corrected chi connectivity index (χ4v) is 2.64. The van der Waals surface area contributed by atoms with Crippen molar-refractivity contribution >= 4 is 11.7 Å². The van der Waals surface area contributed by atoms with Gasteiger partial charge in [0.15, 0.2) is 0 Å². The normalized spacial score (nSPS) is 18.0. The topological polar surface area (TPSA) is 72.3 Å². The first-order chi connectivity index (χ1) is 11.2. The lowest BCUT2D eigenvalue weighted by molar-refractivity contribution is 0.000916. The molecule has 7 heteroatoms. The van der Waals surface area contributed by atoms with E-state index in [2.05, 4.69) is 15.4 Å². The molecule has 2 aromatic rings. The van der Waals surface area contributed by atoms with Gasteiger partial charge in [-0.25, -0.2) is 4.79 Å². The smallest absolute Gasteiger partial charge is 0.322 e. The Morgan fingerprint density at radius 1 is 1.48 bits per heavy atom. The van der Waals surface area contributed by atoms with E-state index in [1.807, 2.05) is 19.2 Å². The highest BCUT2D eigenvalue weighted by atomic mass is 16.5. The Labute approximate surface area is 135 Å². The Kier molecular flexibility index (Phi) is 4.87. The summed E-state index contributed by atoms with van der Waals surface area (Å²) in [7, 11) is 1.82. The van der Waals surface area contributed by atoms with Crippen LogP contribution in [0.2, 0.25) is 0 Å². The number of nitrogens with zero attached hydrogens (tertiary/aromatic N) is 4. The number of likely N-dealkylation sites (tertiary alicyclic amines) is 1. The molecule has 2 amide bonds. The molecule has 1 saturated heterocycles. The summed E-state index contributed by atoms with van der Waals surface area (Å²) >= 11 is 0. The third-order valence-electron chi connectivity index (χ3n) is 3.83. The van der Waals surface area contributed by atoms with Crippen LogP contribution in [0.1, 0.15) is 18.4 Å². The van der Waals surface area contributed by atoms with E-state index in [1.54, 1.807) is 34.4 Å². The maximum Gasteiger partial charge on any atom is 0.322 e. The molecule has 0 unspecified atom stereocenters. The number of carbonyl (C=O) groups excluding carboxylic acids is 1. The van der Waals surface area contributed by atoms with Crippen molar-refractivity contribution in [1.29, 1.82) is 0 Å². The zero-order valence-electron chi connectivity index (χ0n) is 13.2. The van der Waals surface area contributed by atoms with Gasteiger partial charge in [0.05, 0.1) is 24.6 Å². The molecule has 122 valence electrons. The number of ether oxygens (including phenoxy) is 1. The van der Waals surface area contributed by atoms with Crippen LogP contribution in [-0.2, 0) is 18.4 Å². The maximum atomic E-state index is 12.3. The van der Waals surface area contributed by atoms with Crippen molar-refractivity contribution in [3.63, 3.8) is 0 Å². The molecule has 0 aliphatic carbocycles. The van der Waals surface area contributed by atoms with Crippen molar-refractivity contribution in [1.82, 2.24) is 19.7 Å². The zero-order valence-corrected chi connectivity index (χ0v) is 13.2. The van der Waals surface area contributed by atoms with E-state index >= 15 is 0 Å². The summed E-state index contributed by atoms with van der Waals surface area (Å²) in [6, 6.07) is 3.78. The minimum absolute atomic E-state index is 0.0589. The van der Waals surface area contributed by atoms with Crippen LogP contribution in [0.25, 0.3) is 0 Å². The molecule has 3 heterocycles. The second kappa shape index (κ2) is 7.23. The summed E-state index contributed by atoms with van der Waals surface area (Å²) in [5.41, 5.74) is 1.75. The second-order valence-corrected chi connectivity index (χ2v) is 5.72. The number of hydrogen-bond donors (Lipinski definition) is 1. The summed E-state index contributed by atoms with van der Waals surface area (Å²) in [6.07, 6.45) is 8.93. The number of hydrogen-bond acceptors (Lipinski definition) is 4. The van der Waals surface area contributed by atoms with Crippen LogP contribution in [0.4, 0.5) is 10.5 Å². The highest BCUT2D eigenvalue weighted by molar-refractivity contribution is 5.89. The van der Waals surface area contributed by atoms with Gasteiger partial charge in [-0.15, -0.1) is 0 Å². The summed E-state index contributed by atoms with van der Waals surface area (Å²) in [5.74, 6) is 0. The Balaban J connectivity index is 1.50. The number of aryl methyl sites for hydroxylation is 1. The number of piperidine rings is 1. The standard InChI is InChI=1S/C16H21N5O2/c1-20-10-14(9-18-20)19-16(22)21-7-3-5-15(11-21)23-12-13-4-2-6-17-8-13/h2,4,6,8-10,15H,3,5,7,11-12H2,1H3,(H,19,22)/t15-/m0/s1. The minimum Gasteiger partial charge on any atom is -0.372 e. The van der Waals surface area contributed by atoms with Gasteiger partial charge in [-0.1, -0.05) is 6.07 Å². The molecule has 2 aromatic heterocycles. The van der Waals surface area contributed by atoms with Gasteiger partial charge in [0.1, 0.15) is 0 Å². The summed E-state index contributed by atoms with van der Waals surface area (Å²) in [6.45, 7) is 1.88. The fraction of sp³-hybridized carbons (Fsp3) is 0.438. The van der Waals surface area contributed by atoms with Gasteiger partial charge in [0.2, 0.25) is 0 Å². The lowest BCUT2D eigenvalue weighted by Crippen LogP contribution is -2.45. The SMILES string of the molecule is Cn1cc(NC(=O)N2CCC[C@H](OCc3cccnc3)C2)cn1. The molecule has 0 spiro atoms. The predicted molar refractivity (Wildman–Crippen MR) is 85.8 cm³/mol. The Morgan fingerprint density at radius 3 is 3.13 bits per heavy atom. The van der Waals surface area contributed by atoms with Gasteiger partial charge >= 0.3 is 6.03 Å². The number of anilines is 1. The van der Waals surface area contributed by atoms with Crippen LogP contribution in [0.15, 0.2) is 36.9 Å². The average molecular weight is 315 g/mol. The minimum atomic E-state index is -0.104. The van der Waals surface area contributed by atoms with Crippen molar-refractivity contribution < 1.29 is 9.53 Å². The van der Waals surface area contributed by atoms with Crippen LogP contribution in [0.3, 0.4) is 0 Å². The van der Waals surface area contributed by atoms with E-state index < -0.39 is 0 Å². The molecule has 1 atom stereocenters. The molecule has 3 rings (SSSR count). The molecular formula is C16H21N5O2. The first kappa shape index (κ1) is 15.5. The number of carbonyl (C=O) groups is 1. The first-order valence-electron chi connectivity index (χ1n) is 7.76. The Bertz CT molecular complexity index is 643. The third kappa shape index (κ3) is 4.29. The number of amides is 2. The monoisotopic (exact) mass is 315 g/mol. The van der Waals surface area contributed by atoms with Crippen LogP contribution < -0.4 is 5.32 Å². The second-order valence-electron chi connectivity index (χ2n) is 5.72. The number of aromatic nitrogens is 3. The van der Waals surface area contributed by atoms with Crippen molar-refractivity contribution in [2.75, 3.05) is 18.4 Å². The molecule has 1 N–H and O–H groups in total. The average Bonchev–Trinajstić information content (AvgIpc) is 2.99. The number of nitrogens with one attached hydrogen (secondary N) is 1. The largest absolute Gasteiger partial charge is 0.372 e. The molecule has 1 aliphatic rings. The molecule has 1 aliphatic heterocycles. The lowest BCUT2D eigenvalue weighted by Gasteiger charge is -2.32. The van der Waals surface area contributed by atoms with Crippen LogP contribution in [0, 0.1) is 0 Å². The van der Waals surface area contributed by atoms with Crippen molar-refractivity contribution in [3.8, 4) is 0 Å². The molecule has 7 nitrogen and oxygen atoms in total. The van der Waals surface area contributed by atoms with E-state index in [0.717, 1.165) is 24.9 Å². The van der Waals surface area contributed by atoms with E-state index in [9.17, 15) is 4.79 Å². The Morgan fingerprint density at radius 2 is 2.39 bits per heavy atom. The quantitative estimate of drug-likeness (QED) is 0.937. The van der Waals surface area contributed by atoms with Crippen LogP contribution in [0.5, 0.6) is 0 Å². The number of pyridine rings is 1. The van der Waals surface area contributed by atoms with Gasteiger partial charge < -0.3 is 15.0 Å².